The van der Waals surface area contributed by atoms with Gasteiger partial charge in [-0.2, -0.15) is 0 Å². The van der Waals surface area contributed by atoms with Crippen LogP contribution in [0.3, 0.4) is 0 Å². The van der Waals surface area contributed by atoms with Gasteiger partial charge in [0.2, 0.25) is 0 Å². The molecule has 27 heavy (non-hydrogen) atoms. The largest absolute Gasteiger partial charge is 0.507 e. The molecule has 2 aromatic rings. The van der Waals surface area contributed by atoms with E-state index in [4.69, 9.17) is 17.3 Å². The molecule has 6 nitrogen and oxygen atoms in total. The fourth-order valence-electron chi connectivity index (χ4n) is 2.77. The summed E-state index contributed by atoms with van der Waals surface area (Å²) < 4.78 is 21.3. The van der Waals surface area contributed by atoms with E-state index < -0.39 is 0 Å². The molecule has 0 aromatic heterocycles. The van der Waals surface area contributed by atoms with E-state index >= 15 is 0 Å². The summed E-state index contributed by atoms with van der Waals surface area (Å²) in [7, 11) is 4.57. The fourth-order valence-corrected chi connectivity index (χ4v) is 3.32. The highest BCUT2D eigenvalue weighted by Gasteiger charge is 2.25. The molecule has 0 aliphatic heterocycles. The number of rotatable bonds is 7. The molecule has 0 radical (unpaired) electrons. The molecular formula is C20H21IO6. The number of phenols is 1. The van der Waals surface area contributed by atoms with Crippen molar-refractivity contribution >= 4 is 34.9 Å². The number of hydrogen-bond donors (Lipinski definition) is 1. The Balaban J connectivity index is 2.55. The van der Waals surface area contributed by atoms with Crippen LogP contribution in [0.25, 0.3) is 6.08 Å². The van der Waals surface area contributed by atoms with Crippen molar-refractivity contribution in [1.29, 1.82) is 0 Å². The molecule has 1 N–H and O–H groups in total. The maximum atomic E-state index is 12.9. The number of carbonyl (C=O) groups excluding carboxylic acids is 1. The molecule has 0 atom stereocenters. The Morgan fingerprint density at radius 1 is 1.04 bits per heavy atom. The van der Waals surface area contributed by atoms with Crippen molar-refractivity contribution in [3.8, 4) is 28.7 Å². The van der Waals surface area contributed by atoms with Crippen LogP contribution in [0.1, 0.15) is 27.0 Å². The lowest BCUT2D eigenvalue weighted by Gasteiger charge is -2.17. The second-order valence-electron chi connectivity index (χ2n) is 5.72. The zero-order valence-corrected chi connectivity index (χ0v) is 17.9. The first-order valence-electron chi connectivity index (χ1n) is 8.02. The Hall–Kier alpha value is -2.42. The molecular weight excluding hydrogens is 463 g/mol. The number of halogens is 1. The summed E-state index contributed by atoms with van der Waals surface area (Å²) >= 11 is 1.68. The number of benzene rings is 2. The van der Waals surface area contributed by atoms with Gasteiger partial charge in [-0.3, -0.25) is 4.79 Å². The van der Waals surface area contributed by atoms with Crippen LogP contribution >= 0.6 is 23.0 Å². The van der Waals surface area contributed by atoms with E-state index in [-0.39, 0.29) is 28.6 Å². The highest BCUT2D eigenvalue weighted by molar-refractivity contribution is 14.1. The van der Waals surface area contributed by atoms with Gasteiger partial charge in [0.25, 0.3) is 0 Å². The van der Waals surface area contributed by atoms with Gasteiger partial charge in [0.05, 0.1) is 21.3 Å². The summed E-state index contributed by atoms with van der Waals surface area (Å²) in [6.07, 6.45) is 3.04. The lowest BCUT2D eigenvalue weighted by Crippen LogP contribution is -2.05. The van der Waals surface area contributed by atoms with E-state index in [1.54, 1.807) is 75.3 Å². The van der Waals surface area contributed by atoms with Gasteiger partial charge in [0, 0.05) is 16.7 Å². The molecule has 0 fully saturated rings. The first kappa shape index (κ1) is 20.9. The van der Waals surface area contributed by atoms with Crippen LogP contribution in [0.2, 0.25) is 0 Å². The zero-order valence-electron chi connectivity index (χ0n) is 15.8. The average molecular weight is 484 g/mol. The molecule has 0 amide bonds. The quantitative estimate of drug-likeness (QED) is 0.350. The van der Waals surface area contributed by atoms with Gasteiger partial charge in [-0.15, -0.1) is 0 Å². The van der Waals surface area contributed by atoms with Crippen LogP contribution in [-0.2, 0) is 0 Å². The first-order chi connectivity index (χ1) is 12.9. The third kappa shape index (κ3) is 4.13. The lowest BCUT2D eigenvalue weighted by atomic mass is 9.98. The van der Waals surface area contributed by atoms with Crippen LogP contribution in [0.15, 0.2) is 24.3 Å². The van der Waals surface area contributed by atoms with Crippen molar-refractivity contribution in [3.63, 3.8) is 0 Å². The molecule has 0 saturated carbocycles. The third-order valence-corrected chi connectivity index (χ3v) is 4.66. The second kappa shape index (κ2) is 8.98. The van der Waals surface area contributed by atoms with Crippen LogP contribution in [0.4, 0.5) is 0 Å². The molecule has 0 aliphatic carbocycles. The SMILES string of the molecule is COc1ccc(OC)c(/C=C/C(=O)c2c(OC)c(C)c(O)c(C)c2OI)c1. The Kier molecular flexibility index (Phi) is 6.95. The molecule has 2 rings (SSSR count). The van der Waals surface area contributed by atoms with Crippen molar-refractivity contribution in [2.45, 2.75) is 13.8 Å². The van der Waals surface area contributed by atoms with Gasteiger partial charge in [-0.25, -0.2) is 0 Å². The molecule has 144 valence electrons. The van der Waals surface area contributed by atoms with E-state index in [0.717, 1.165) is 0 Å². The van der Waals surface area contributed by atoms with Crippen LogP contribution in [0.5, 0.6) is 28.7 Å². The Labute approximate surface area is 172 Å². The number of methoxy groups -OCH3 is 3. The van der Waals surface area contributed by atoms with Crippen LogP contribution in [0, 0.1) is 13.8 Å². The van der Waals surface area contributed by atoms with Crippen molar-refractivity contribution in [2.24, 2.45) is 0 Å². The average Bonchev–Trinajstić information content (AvgIpc) is 2.69. The minimum Gasteiger partial charge on any atom is -0.507 e. The highest BCUT2D eigenvalue weighted by Crippen LogP contribution is 2.43. The number of ketones is 1. The van der Waals surface area contributed by atoms with Crippen molar-refractivity contribution in [1.82, 2.24) is 0 Å². The normalized spacial score (nSPS) is 10.7. The molecule has 0 bridgehead atoms. The monoisotopic (exact) mass is 484 g/mol. The number of ether oxygens (including phenoxy) is 3. The third-order valence-electron chi connectivity index (χ3n) is 4.22. The van der Waals surface area contributed by atoms with E-state index in [1.807, 2.05) is 0 Å². The van der Waals surface area contributed by atoms with Gasteiger partial charge >= 0.3 is 0 Å². The van der Waals surface area contributed by atoms with Crippen LogP contribution < -0.4 is 17.3 Å². The molecule has 0 unspecified atom stereocenters. The van der Waals surface area contributed by atoms with E-state index in [9.17, 15) is 9.90 Å². The predicted octanol–water partition coefficient (Wildman–Crippen LogP) is 4.66. The van der Waals surface area contributed by atoms with E-state index in [0.29, 0.717) is 28.2 Å². The number of allylic oxidation sites excluding steroid dienone is 1. The van der Waals surface area contributed by atoms with E-state index in [2.05, 4.69) is 0 Å². The minimum atomic E-state index is -0.324. The number of aromatic hydroxyl groups is 1. The predicted molar refractivity (Wildman–Crippen MR) is 112 cm³/mol. The summed E-state index contributed by atoms with van der Waals surface area (Å²) in [5.74, 6) is 1.51. The summed E-state index contributed by atoms with van der Waals surface area (Å²) in [4.78, 5) is 12.9. The maximum Gasteiger partial charge on any atom is 0.193 e. The topological polar surface area (TPSA) is 74.2 Å². The van der Waals surface area contributed by atoms with Gasteiger partial charge in [0.1, 0.15) is 28.6 Å². The maximum absolute atomic E-state index is 12.9. The fraction of sp³-hybridized carbons (Fsp3) is 0.250. The van der Waals surface area contributed by atoms with E-state index in [1.165, 1.54) is 13.2 Å². The number of hydrogen-bond acceptors (Lipinski definition) is 6. The van der Waals surface area contributed by atoms with Gasteiger partial charge in [0.15, 0.2) is 34.5 Å². The van der Waals surface area contributed by atoms with Crippen molar-refractivity contribution < 1.29 is 27.2 Å². The number of phenolic OH excluding ortho intramolecular Hbond substituents is 1. The molecule has 0 heterocycles. The molecule has 0 spiro atoms. The van der Waals surface area contributed by atoms with Crippen molar-refractivity contribution in [3.05, 3.63) is 46.5 Å². The van der Waals surface area contributed by atoms with Gasteiger partial charge < -0.3 is 22.4 Å². The summed E-state index contributed by atoms with van der Waals surface area (Å²) in [5.41, 5.74) is 1.88. The first-order valence-corrected chi connectivity index (χ1v) is 8.90. The zero-order chi connectivity index (χ0) is 20.1. The highest BCUT2D eigenvalue weighted by atomic mass is 127. The minimum absolute atomic E-state index is 0.0357. The van der Waals surface area contributed by atoms with Gasteiger partial charge in [-0.05, 0) is 44.2 Å². The Bertz CT molecular complexity index is 858. The van der Waals surface area contributed by atoms with Crippen molar-refractivity contribution in [2.75, 3.05) is 21.3 Å². The standard InChI is InChI=1S/C20H21IO6/c1-11-18(23)12(2)20(27-21)17(19(11)26-5)15(22)8-6-13-10-14(24-3)7-9-16(13)25-4/h6-10,23H,1-5H3/b8-6+. The molecule has 0 saturated heterocycles. The van der Waals surface area contributed by atoms with Crippen LogP contribution in [-0.4, -0.2) is 32.2 Å². The summed E-state index contributed by atoms with van der Waals surface area (Å²) in [5, 5.41) is 10.2. The molecule has 7 heteroatoms. The summed E-state index contributed by atoms with van der Waals surface area (Å²) in [6.45, 7) is 3.37. The molecule has 0 aliphatic rings. The number of carbonyl (C=O) groups is 1. The molecule has 2 aromatic carbocycles. The summed E-state index contributed by atoms with van der Waals surface area (Å²) in [6, 6.07) is 5.30. The lowest BCUT2D eigenvalue weighted by molar-refractivity contribution is 0.104. The smallest absolute Gasteiger partial charge is 0.193 e. The Morgan fingerprint density at radius 3 is 2.26 bits per heavy atom. The Morgan fingerprint density at radius 2 is 1.70 bits per heavy atom. The second-order valence-corrected chi connectivity index (χ2v) is 6.16. The van der Waals surface area contributed by atoms with Gasteiger partial charge in [-0.1, -0.05) is 0 Å².